The lowest BCUT2D eigenvalue weighted by molar-refractivity contribution is 0.102. The monoisotopic (exact) mass is 383 g/mol. The average molecular weight is 384 g/mol. The molecule has 0 atom stereocenters. The molecule has 0 aliphatic rings. The predicted octanol–water partition coefficient (Wildman–Crippen LogP) is 3.95. The second-order valence-corrected chi connectivity index (χ2v) is 6.75. The minimum Gasteiger partial charge on any atom is -0.303 e. The van der Waals surface area contributed by atoms with Gasteiger partial charge < -0.3 is 4.57 Å². The van der Waals surface area contributed by atoms with Crippen LogP contribution in [0.25, 0.3) is 10.7 Å². The van der Waals surface area contributed by atoms with E-state index in [1.54, 1.807) is 18.5 Å². The maximum absolute atomic E-state index is 13.8. The molecule has 0 unspecified atom stereocenters. The minimum atomic E-state index is -0.653. The third-order valence-corrected chi connectivity index (χ3v) is 4.94. The number of nitrogens with zero attached hydrogens (tertiary/aromatic N) is 3. The van der Waals surface area contributed by atoms with Crippen LogP contribution in [0.5, 0.6) is 0 Å². The zero-order chi connectivity index (χ0) is 17.4. The first-order valence-corrected chi connectivity index (χ1v) is 8.32. The van der Waals surface area contributed by atoms with E-state index in [-0.39, 0.29) is 10.6 Å². The van der Waals surface area contributed by atoms with Crippen LogP contribution in [0.15, 0.2) is 18.2 Å². The Hall–Kier alpha value is -2.10. The van der Waals surface area contributed by atoms with E-state index < -0.39 is 11.7 Å². The first kappa shape index (κ1) is 16.7. The summed E-state index contributed by atoms with van der Waals surface area (Å²) in [5.74, 6) is -0.657. The molecular weight excluding hydrogens is 373 g/mol. The second kappa shape index (κ2) is 6.42. The summed E-state index contributed by atoms with van der Waals surface area (Å²) in [6.07, 6.45) is 0. The molecule has 0 spiro atoms. The largest absolute Gasteiger partial charge is 0.303 e. The van der Waals surface area contributed by atoms with Gasteiger partial charge in [-0.2, -0.15) is 5.10 Å². The fourth-order valence-electron chi connectivity index (χ4n) is 2.04. The van der Waals surface area contributed by atoms with Crippen LogP contribution in [0, 0.1) is 17.5 Å². The Kier molecular flexibility index (Phi) is 4.48. The van der Waals surface area contributed by atoms with Crippen LogP contribution in [0.2, 0.25) is 5.02 Å². The molecule has 6 nitrogen and oxygen atoms in total. The molecule has 0 fully saturated rings. The van der Waals surface area contributed by atoms with Crippen LogP contribution in [0.3, 0.4) is 0 Å². The Morgan fingerprint density at radius 3 is 2.92 bits per heavy atom. The maximum atomic E-state index is 13.8. The number of H-pyrrole nitrogens is 1. The minimum absolute atomic E-state index is 0.143. The number of thiazole rings is 1. The molecule has 1 aromatic carbocycles. The highest BCUT2D eigenvalue weighted by atomic mass is 35.5. The van der Waals surface area contributed by atoms with Gasteiger partial charge in [-0.05, 0) is 37.3 Å². The Labute approximate surface area is 150 Å². The molecule has 0 aliphatic carbocycles. The number of aryl methyl sites for hydroxylation is 1. The standard InChI is InChI=1S/C14H11ClFN5OS2/c1-6-10(11-19-20-14(23)21(11)2)24-13(17-6)18-12(22)8-5-7(15)3-4-9(8)16/h3-5H,1-2H3,(H,20,23)(H,17,18,22). The van der Waals surface area contributed by atoms with Crippen molar-refractivity contribution in [2.24, 2.45) is 7.05 Å². The lowest BCUT2D eigenvalue weighted by Crippen LogP contribution is -2.13. The van der Waals surface area contributed by atoms with Gasteiger partial charge in [0.1, 0.15) is 5.82 Å². The Morgan fingerprint density at radius 2 is 2.25 bits per heavy atom. The summed E-state index contributed by atoms with van der Waals surface area (Å²) in [4.78, 5) is 17.3. The Morgan fingerprint density at radius 1 is 1.50 bits per heavy atom. The number of halogens is 2. The summed E-state index contributed by atoms with van der Waals surface area (Å²) in [5, 5.41) is 10.0. The average Bonchev–Trinajstić information content (AvgIpc) is 3.05. The lowest BCUT2D eigenvalue weighted by Gasteiger charge is -2.03. The van der Waals surface area contributed by atoms with Crippen LogP contribution in [-0.2, 0) is 7.05 Å². The van der Waals surface area contributed by atoms with Gasteiger partial charge in [0.05, 0.1) is 16.1 Å². The molecule has 124 valence electrons. The number of anilines is 1. The summed E-state index contributed by atoms with van der Waals surface area (Å²) in [5.41, 5.74) is 0.536. The van der Waals surface area contributed by atoms with Crippen molar-refractivity contribution in [3.8, 4) is 10.7 Å². The van der Waals surface area contributed by atoms with E-state index in [9.17, 15) is 9.18 Å². The van der Waals surface area contributed by atoms with Crippen molar-refractivity contribution in [2.75, 3.05) is 5.32 Å². The van der Waals surface area contributed by atoms with Gasteiger partial charge in [-0.25, -0.2) is 9.37 Å². The van der Waals surface area contributed by atoms with E-state index >= 15 is 0 Å². The van der Waals surface area contributed by atoms with E-state index in [1.807, 2.05) is 0 Å². The van der Waals surface area contributed by atoms with Crippen molar-refractivity contribution in [3.63, 3.8) is 0 Å². The molecule has 1 amide bonds. The van der Waals surface area contributed by atoms with Crippen molar-refractivity contribution in [1.82, 2.24) is 19.7 Å². The quantitative estimate of drug-likeness (QED) is 0.671. The first-order chi connectivity index (χ1) is 11.4. The summed E-state index contributed by atoms with van der Waals surface area (Å²) in [6.45, 7) is 1.79. The molecule has 0 saturated carbocycles. The van der Waals surface area contributed by atoms with Gasteiger partial charge in [0.15, 0.2) is 15.7 Å². The Balaban J connectivity index is 1.91. The number of nitrogens with one attached hydrogen (secondary N) is 2. The van der Waals surface area contributed by atoms with Gasteiger partial charge in [0.2, 0.25) is 0 Å². The van der Waals surface area contributed by atoms with Crippen LogP contribution < -0.4 is 5.32 Å². The zero-order valence-corrected chi connectivity index (χ0v) is 14.9. The first-order valence-electron chi connectivity index (χ1n) is 6.72. The van der Waals surface area contributed by atoms with Crippen LogP contribution in [0.4, 0.5) is 9.52 Å². The third kappa shape index (κ3) is 3.10. The molecule has 0 bridgehead atoms. The van der Waals surface area contributed by atoms with E-state index in [2.05, 4.69) is 20.5 Å². The van der Waals surface area contributed by atoms with Crippen molar-refractivity contribution < 1.29 is 9.18 Å². The highest BCUT2D eigenvalue weighted by molar-refractivity contribution is 7.71. The van der Waals surface area contributed by atoms with Gasteiger partial charge in [-0.1, -0.05) is 22.9 Å². The molecule has 2 aromatic heterocycles. The molecule has 3 rings (SSSR count). The SMILES string of the molecule is Cc1nc(NC(=O)c2cc(Cl)ccc2F)sc1-c1n[nH]c(=S)n1C. The third-order valence-electron chi connectivity index (χ3n) is 3.27. The Bertz CT molecular complexity index is 993. The highest BCUT2D eigenvalue weighted by Gasteiger charge is 2.18. The fourth-order valence-corrected chi connectivity index (χ4v) is 3.33. The summed E-state index contributed by atoms with van der Waals surface area (Å²) in [6, 6.07) is 3.79. The molecule has 2 N–H and O–H groups in total. The molecule has 0 aliphatic heterocycles. The van der Waals surface area contributed by atoms with E-state index in [4.69, 9.17) is 23.8 Å². The van der Waals surface area contributed by atoms with Crippen molar-refractivity contribution in [2.45, 2.75) is 6.92 Å². The number of amides is 1. The number of carbonyl (C=O) groups excluding carboxylic acids is 1. The molecule has 0 saturated heterocycles. The van der Waals surface area contributed by atoms with Crippen LogP contribution in [-0.4, -0.2) is 25.7 Å². The second-order valence-electron chi connectivity index (χ2n) is 4.92. The number of rotatable bonds is 3. The van der Waals surface area contributed by atoms with Crippen molar-refractivity contribution in [1.29, 1.82) is 0 Å². The van der Waals surface area contributed by atoms with E-state index in [0.29, 0.717) is 21.4 Å². The smallest absolute Gasteiger partial charge is 0.260 e. The van der Waals surface area contributed by atoms with Crippen LogP contribution >= 0.6 is 35.2 Å². The number of hydrogen-bond acceptors (Lipinski definition) is 5. The van der Waals surface area contributed by atoms with E-state index in [0.717, 1.165) is 10.9 Å². The summed E-state index contributed by atoms with van der Waals surface area (Å²) >= 11 is 12.1. The number of benzene rings is 1. The van der Waals surface area contributed by atoms with Crippen molar-refractivity contribution >= 4 is 46.2 Å². The van der Waals surface area contributed by atoms with Gasteiger partial charge >= 0.3 is 0 Å². The normalized spacial score (nSPS) is 10.8. The topological polar surface area (TPSA) is 75.6 Å². The lowest BCUT2D eigenvalue weighted by atomic mass is 10.2. The fraction of sp³-hybridized carbons (Fsp3) is 0.143. The van der Waals surface area contributed by atoms with Gasteiger partial charge in [0, 0.05) is 12.1 Å². The summed E-state index contributed by atoms with van der Waals surface area (Å²) in [7, 11) is 1.78. The number of aromatic amines is 1. The van der Waals surface area contributed by atoms with Gasteiger partial charge in [0.25, 0.3) is 5.91 Å². The molecule has 3 aromatic rings. The number of aromatic nitrogens is 4. The predicted molar refractivity (Wildman–Crippen MR) is 93.6 cm³/mol. The number of hydrogen-bond donors (Lipinski definition) is 2. The number of carbonyl (C=O) groups is 1. The molecular formula is C14H11ClFN5OS2. The zero-order valence-electron chi connectivity index (χ0n) is 12.6. The van der Waals surface area contributed by atoms with Crippen LogP contribution in [0.1, 0.15) is 16.1 Å². The molecule has 10 heteroatoms. The maximum Gasteiger partial charge on any atom is 0.260 e. The molecule has 0 radical (unpaired) electrons. The highest BCUT2D eigenvalue weighted by Crippen LogP contribution is 2.31. The summed E-state index contributed by atoms with van der Waals surface area (Å²) < 4.78 is 15.9. The molecule has 24 heavy (non-hydrogen) atoms. The molecule has 2 heterocycles. The van der Waals surface area contributed by atoms with Gasteiger partial charge in [-0.3, -0.25) is 15.2 Å². The van der Waals surface area contributed by atoms with E-state index in [1.165, 1.54) is 23.5 Å². The van der Waals surface area contributed by atoms with Gasteiger partial charge in [-0.15, -0.1) is 0 Å². The van der Waals surface area contributed by atoms with Crippen molar-refractivity contribution in [3.05, 3.63) is 45.1 Å².